The van der Waals surface area contributed by atoms with E-state index in [2.05, 4.69) is 37.3 Å². The van der Waals surface area contributed by atoms with E-state index < -0.39 is 5.54 Å². The third kappa shape index (κ3) is 4.13. The van der Waals surface area contributed by atoms with Crippen molar-refractivity contribution in [2.75, 3.05) is 49.6 Å². The monoisotopic (exact) mass is 464 g/mol. The van der Waals surface area contributed by atoms with E-state index in [9.17, 15) is 4.79 Å². The molecule has 180 valence electrons. The first-order valence-corrected chi connectivity index (χ1v) is 11.7. The van der Waals surface area contributed by atoms with Crippen molar-refractivity contribution < 1.29 is 9.53 Å². The van der Waals surface area contributed by atoms with Gasteiger partial charge in [-0.25, -0.2) is 9.97 Å². The van der Waals surface area contributed by atoms with E-state index >= 15 is 0 Å². The number of hydrogen-bond donors (Lipinski definition) is 2. The lowest BCUT2D eigenvalue weighted by molar-refractivity contribution is -0.127. The number of aromatic nitrogens is 4. The minimum Gasteiger partial charge on any atom is -0.491 e. The van der Waals surface area contributed by atoms with Gasteiger partial charge in [0.2, 0.25) is 11.9 Å². The molecule has 2 aliphatic heterocycles. The molecule has 0 bridgehead atoms. The normalized spacial score (nSPS) is 19.2. The van der Waals surface area contributed by atoms with Gasteiger partial charge in [-0.1, -0.05) is 6.07 Å². The Balaban J connectivity index is 1.26. The molecule has 5 rings (SSSR count). The molecule has 3 aromatic rings. The summed E-state index contributed by atoms with van der Waals surface area (Å²) in [6.45, 7) is 9.95. The van der Waals surface area contributed by atoms with E-state index in [4.69, 9.17) is 9.72 Å². The molecule has 34 heavy (non-hydrogen) atoms. The Morgan fingerprint density at radius 3 is 2.76 bits per heavy atom. The third-order valence-electron chi connectivity index (χ3n) is 6.64. The minimum absolute atomic E-state index is 0.0244. The highest BCUT2D eigenvalue weighted by molar-refractivity contribution is 5.83. The molecule has 0 radical (unpaired) electrons. The molecule has 10 nitrogen and oxygen atoms in total. The van der Waals surface area contributed by atoms with Crippen LogP contribution in [0.15, 0.2) is 36.8 Å². The number of amides is 1. The Morgan fingerprint density at radius 2 is 2.00 bits per heavy atom. The van der Waals surface area contributed by atoms with Crippen LogP contribution in [-0.2, 0) is 10.3 Å². The first-order valence-electron chi connectivity index (χ1n) is 11.7. The summed E-state index contributed by atoms with van der Waals surface area (Å²) < 4.78 is 7.54. The van der Waals surface area contributed by atoms with E-state index in [1.165, 1.54) is 0 Å². The largest absolute Gasteiger partial charge is 0.491 e. The SMILES string of the molecule is COc1cnc(N2CCN[C@H](C)C2)nc1N1CC(C(=O)NC(C)(C)c2cnc3ccccn23)C1. The second kappa shape index (κ2) is 8.75. The number of methoxy groups -OCH3 is 1. The van der Waals surface area contributed by atoms with Crippen LogP contribution in [0.5, 0.6) is 5.75 Å². The van der Waals surface area contributed by atoms with Crippen LogP contribution in [-0.4, -0.2) is 71.1 Å². The van der Waals surface area contributed by atoms with Gasteiger partial charge in [0, 0.05) is 45.0 Å². The van der Waals surface area contributed by atoms with Gasteiger partial charge in [-0.05, 0) is 32.9 Å². The first-order chi connectivity index (χ1) is 16.4. The summed E-state index contributed by atoms with van der Waals surface area (Å²) in [4.78, 5) is 31.2. The van der Waals surface area contributed by atoms with Crippen LogP contribution >= 0.6 is 0 Å². The predicted octanol–water partition coefficient (Wildman–Crippen LogP) is 1.42. The van der Waals surface area contributed by atoms with Gasteiger partial charge < -0.3 is 29.6 Å². The number of pyridine rings is 1. The zero-order valence-corrected chi connectivity index (χ0v) is 20.2. The topological polar surface area (TPSA) is 99.9 Å². The molecule has 1 atom stereocenters. The summed E-state index contributed by atoms with van der Waals surface area (Å²) in [6.07, 6.45) is 5.52. The predicted molar refractivity (Wildman–Crippen MR) is 130 cm³/mol. The fourth-order valence-corrected chi connectivity index (χ4v) is 4.68. The standard InChI is InChI=1S/C24H32N8O2/c1-16-13-30(10-8-25-16)23-27-11-18(34-4)21(28-23)31-14-17(15-31)22(33)29-24(2,3)19-12-26-20-7-5-6-9-32(19)20/h5-7,9,11-12,16-17,25H,8,10,13-15H2,1-4H3,(H,29,33)/t16-/m1/s1. The average molecular weight is 465 g/mol. The first kappa shape index (κ1) is 22.4. The molecule has 2 N–H and O–H groups in total. The number of imidazole rings is 1. The molecule has 10 heteroatoms. The molecule has 0 saturated carbocycles. The van der Waals surface area contributed by atoms with Gasteiger partial charge in [0.05, 0.1) is 36.7 Å². The Morgan fingerprint density at radius 1 is 1.18 bits per heavy atom. The number of ether oxygens (including phenoxy) is 1. The van der Waals surface area contributed by atoms with Crippen LogP contribution in [0.2, 0.25) is 0 Å². The Labute approximate surface area is 199 Å². The number of piperazine rings is 1. The lowest BCUT2D eigenvalue weighted by Crippen LogP contribution is -2.57. The summed E-state index contributed by atoms with van der Waals surface area (Å²) in [5, 5.41) is 6.65. The molecule has 1 amide bonds. The molecular formula is C24H32N8O2. The molecule has 3 aromatic heterocycles. The number of fused-ring (bicyclic) bond motifs is 1. The maximum Gasteiger partial charge on any atom is 0.227 e. The highest BCUT2D eigenvalue weighted by Gasteiger charge is 2.38. The highest BCUT2D eigenvalue weighted by Crippen LogP contribution is 2.33. The lowest BCUT2D eigenvalue weighted by Gasteiger charge is -2.41. The van der Waals surface area contributed by atoms with Crippen molar-refractivity contribution in [2.45, 2.75) is 32.4 Å². The van der Waals surface area contributed by atoms with Gasteiger partial charge in [0.1, 0.15) is 5.65 Å². The zero-order valence-electron chi connectivity index (χ0n) is 20.2. The van der Waals surface area contributed by atoms with Crippen LogP contribution in [0, 0.1) is 5.92 Å². The van der Waals surface area contributed by atoms with Crippen molar-refractivity contribution >= 4 is 23.3 Å². The van der Waals surface area contributed by atoms with E-state index in [0.29, 0.717) is 30.8 Å². The van der Waals surface area contributed by atoms with E-state index in [0.717, 1.165) is 36.8 Å². The van der Waals surface area contributed by atoms with Crippen molar-refractivity contribution in [2.24, 2.45) is 5.92 Å². The maximum absolute atomic E-state index is 13.1. The van der Waals surface area contributed by atoms with Crippen molar-refractivity contribution in [3.05, 3.63) is 42.5 Å². The van der Waals surface area contributed by atoms with Crippen LogP contribution < -0.4 is 25.2 Å². The van der Waals surface area contributed by atoms with Crippen molar-refractivity contribution in [3.63, 3.8) is 0 Å². The van der Waals surface area contributed by atoms with Gasteiger partial charge in [-0.15, -0.1) is 0 Å². The van der Waals surface area contributed by atoms with Gasteiger partial charge in [-0.2, -0.15) is 4.98 Å². The smallest absolute Gasteiger partial charge is 0.227 e. The molecule has 0 aliphatic carbocycles. The molecule has 0 unspecified atom stereocenters. The van der Waals surface area contributed by atoms with Crippen LogP contribution in [0.3, 0.4) is 0 Å². The average Bonchev–Trinajstić information content (AvgIpc) is 3.23. The molecule has 2 saturated heterocycles. The van der Waals surface area contributed by atoms with Gasteiger partial charge in [-0.3, -0.25) is 4.79 Å². The summed E-state index contributed by atoms with van der Waals surface area (Å²) >= 11 is 0. The van der Waals surface area contributed by atoms with Crippen molar-refractivity contribution in [1.29, 1.82) is 0 Å². The number of carbonyl (C=O) groups is 1. The molecule has 2 fully saturated rings. The summed E-state index contributed by atoms with van der Waals surface area (Å²) in [5.41, 5.74) is 1.25. The molecule has 5 heterocycles. The number of anilines is 2. The van der Waals surface area contributed by atoms with Crippen LogP contribution in [0.4, 0.5) is 11.8 Å². The summed E-state index contributed by atoms with van der Waals surface area (Å²) in [5.74, 6) is 1.96. The second-order valence-corrected chi connectivity index (χ2v) is 9.65. The lowest BCUT2D eigenvalue weighted by atomic mass is 9.95. The van der Waals surface area contributed by atoms with Gasteiger partial charge in [0.15, 0.2) is 11.6 Å². The Hall–Kier alpha value is -3.40. The fraction of sp³-hybridized carbons (Fsp3) is 0.500. The molecule has 2 aliphatic rings. The zero-order chi connectivity index (χ0) is 23.9. The number of hydrogen-bond acceptors (Lipinski definition) is 8. The van der Waals surface area contributed by atoms with Crippen LogP contribution in [0.25, 0.3) is 5.65 Å². The molecular weight excluding hydrogens is 432 g/mol. The minimum atomic E-state index is -0.558. The summed E-state index contributed by atoms with van der Waals surface area (Å²) in [7, 11) is 1.62. The molecule has 0 spiro atoms. The summed E-state index contributed by atoms with van der Waals surface area (Å²) in [6, 6.07) is 6.26. The van der Waals surface area contributed by atoms with Gasteiger partial charge in [0.25, 0.3) is 0 Å². The quantitative estimate of drug-likeness (QED) is 0.565. The Kier molecular flexibility index (Phi) is 5.76. The van der Waals surface area contributed by atoms with Crippen molar-refractivity contribution in [3.8, 4) is 5.75 Å². The number of nitrogens with zero attached hydrogens (tertiary/aromatic N) is 6. The molecule has 0 aromatic carbocycles. The number of carbonyl (C=O) groups excluding carboxylic acids is 1. The van der Waals surface area contributed by atoms with E-state index in [-0.39, 0.29) is 11.8 Å². The second-order valence-electron chi connectivity index (χ2n) is 9.65. The fourth-order valence-electron chi connectivity index (χ4n) is 4.68. The number of nitrogens with one attached hydrogen (secondary N) is 2. The Bertz CT molecular complexity index is 1190. The maximum atomic E-state index is 13.1. The van der Waals surface area contributed by atoms with Crippen molar-refractivity contribution in [1.82, 2.24) is 30.0 Å². The van der Waals surface area contributed by atoms with Crippen LogP contribution in [0.1, 0.15) is 26.5 Å². The number of rotatable bonds is 6. The third-order valence-corrected chi connectivity index (χ3v) is 6.64. The highest BCUT2D eigenvalue weighted by atomic mass is 16.5. The van der Waals surface area contributed by atoms with Gasteiger partial charge >= 0.3 is 0 Å². The van der Waals surface area contributed by atoms with E-state index in [1.54, 1.807) is 13.3 Å². The van der Waals surface area contributed by atoms with E-state index in [1.807, 2.05) is 48.8 Å².